The Kier molecular flexibility index (Phi) is 1.99. The third-order valence-electron chi connectivity index (χ3n) is 2.96. The van der Waals surface area contributed by atoms with Crippen molar-refractivity contribution in [3.8, 4) is 0 Å². The zero-order chi connectivity index (χ0) is 7.68. The fraction of sp³-hybridized carbons (Fsp3) is 0.800. The molecule has 2 rings (SSSR count). The monoisotopic (exact) mass is 152 g/mol. The fourth-order valence-corrected chi connectivity index (χ4v) is 1.97. The zero-order valence-corrected chi connectivity index (χ0v) is 6.87. The van der Waals surface area contributed by atoms with E-state index in [1.54, 1.807) is 0 Å². The molecule has 0 saturated heterocycles. The molecular formula is C10H16O. The summed E-state index contributed by atoms with van der Waals surface area (Å²) in [5.41, 5.74) is 0. The second-order valence-electron chi connectivity index (χ2n) is 3.91. The van der Waals surface area contributed by atoms with Gasteiger partial charge >= 0.3 is 0 Å². The predicted octanol–water partition coefficient (Wildman–Crippen LogP) is 1.97. The molecule has 0 radical (unpaired) electrons. The molecule has 2 aliphatic carbocycles. The Morgan fingerprint density at radius 3 is 2.36 bits per heavy atom. The number of rotatable bonds is 2. The van der Waals surface area contributed by atoms with Crippen LogP contribution in [0.2, 0.25) is 0 Å². The Morgan fingerprint density at radius 1 is 1.09 bits per heavy atom. The molecule has 1 unspecified atom stereocenters. The zero-order valence-electron chi connectivity index (χ0n) is 6.87. The largest absolute Gasteiger partial charge is 0.396 e. The van der Waals surface area contributed by atoms with Crippen LogP contribution in [0, 0.1) is 17.8 Å². The first-order valence-electron chi connectivity index (χ1n) is 4.69. The van der Waals surface area contributed by atoms with E-state index in [2.05, 4.69) is 12.2 Å². The number of hydrogen-bond donors (Lipinski definition) is 1. The van der Waals surface area contributed by atoms with Crippen LogP contribution in [0.5, 0.6) is 0 Å². The van der Waals surface area contributed by atoms with Crippen molar-refractivity contribution < 1.29 is 5.11 Å². The molecule has 11 heavy (non-hydrogen) atoms. The van der Waals surface area contributed by atoms with Crippen molar-refractivity contribution in [1.29, 1.82) is 0 Å². The van der Waals surface area contributed by atoms with Crippen LogP contribution in [0.4, 0.5) is 0 Å². The molecule has 0 spiro atoms. The van der Waals surface area contributed by atoms with Gasteiger partial charge in [-0.05, 0) is 43.4 Å². The molecule has 2 aliphatic rings. The molecule has 2 atom stereocenters. The van der Waals surface area contributed by atoms with Gasteiger partial charge in [0.1, 0.15) is 0 Å². The molecule has 1 saturated carbocycles. The fourth-order valence-electron chi connectivity index (χ4n) is 1.97. The van der Waals surface area contributed by atoms with Crippen LogP contribution in [-0.4, -0.2) is 11.7 Å². The molecule has 0 aromatic carbocycles. The highest BCUT2D eigenvalue weighted by atomic mass is 16.3. The van der Waals surface area contributed by atoms with Crippen molar-refractivity contribution in [3.63, 3.8) is 0 Å². The minimum absolute atomic E-state index is 0.341. The Morgan fingerprint density at radius 2 is 1.91 bits per heavy atom. The summed E-state index contributed by atoms with van der Waals surface area (Å²) in [7, 11) is 0. The van der Waals surface area contributed by atoms with E-state index in [0.29, 0.717) is 12.5 Å². The second kappa shape index (κ2) is 2.98. The van der Waals surface area contributed by atoms with Gasteiger partial charge in [0.15, 0.2) is 0 Å². The Bertz CT molecular complexity index is 158. The van der Waals surface area contributed by atoms with Crippen LogP contribution < -0.4 is 0 Å². The molecule has 0 heterocycles. The smallest absolute Gasteiger partial charge is 0.0493 e. The summed E-state index contributed by atoms with van der Waals surface area (Å²) in [6.07, 6.45) is 9.95. The van der Waals surface area contributed by atoms with Crippen LogP contribution in [0.1, 0.15) is 25.7 Å². The Labute approximate surface area is 68.1 Å². The van der Waals surface area contributed by atoms with Gasteiger partial charge in [0.05, 0.1) is 0 Å². The average Bonchev–Trinajstić information content (AvgIpc) is 2.87. The molecule has 0 amide bonds. The second-order valence-corrected chi connectivity index (χ2v) is 3.91. The van der Waals surface area contributed by atoms with Crippen molar-refractivity contribution in [2.75, 3.05) is 6.61 Å². The maximum atomic E-state index is 8.88. The molecule has 0 aromatic rings. The van der Waals surface area contributed by atoms with E-state index in [9.17, 15) is 0 Å². The van der Waals surface area contributed by atoms with Crippen LogP contribution in [0.15, 0.2) is 12.2 Å². The topological polar surface area (TPSA) is 20.2 Å². The third kappa shape index (κ3) is 1.64. The summed E-state index contributed by atoms with van der Waals surface area (Å²) in [5, 5.41) is 8.88. The highest BCUT2D eigenvalue weighted by molar-refractivity contribution is 5.02. The molecule has 1 N–H and O–H groups in total. The molecule has 0 bridgehead atoms. The molecule has 1 nitrogen and oxygen atoms in total. The maximum Gasteiger partial charge on any atom is 0.0493 e. The Hall–Kier alpha value is -0.300. The van der Waals surface area contributed by atoms with E-state index >= 15 is 0 Å². The van der Waals surface area contributed by atoms with Gasteiger partial charge in [-0.25, -0.2) is 0 Å². The summed E-state index contributed by atoms with van der Waals surface area (Å²) < 4.78 is 0. The standard InChI is InChI=1S/C10H16O/c11-7-8-1-3-9(4-2-8)10-5-6-10/h1,3,8-11H,2,4-7H2/t8-,9?/m1/s1. The quantitative estimate of drug-likeness (QED) is 0.600. The van der Waals surface area contributed by atoms with E-state index in [1.807, 2.05) is 0 Å². The molecule has 0 aliphatic heterocycles. The number of hydrogen-bond acceptors (Lipinski definition) is 1. The van der Waals surface area contributed by atoms with E-state index in [4.69, 9.17) is 5.11 Å². The normalized spacial score (nSPS) is 37.5. The Balaban J connectivity index is 1.88. The lowest BCUT2D eigenvalue weighted by Crippen LogP contribution is -2.12. The average molecular weight is 152 g/mol. The molecule has 0 aromatic heterocycles. The number of allylic oxidation sites excluding steroid dienone is 1. The first kappa shape index (κ1) is 7.35. The van der Waals surface area contributed by atoms with Gasteiger partial charge in [-0.1, -0.05) is 12.2 Å². The summed E-state index contributed by atoms with van der Waals surface area (Å²) in [4.78, 5) is 0. The van der Waals surface area contributed by atoms with Crippen molar-refractivity contribution in [3.05, 3.63) is 12.2 Å². The van der Waals surface area contributed by atoms with Crippen molar-refractivity contribution in [1.82, 2.24) is 0 Å². The number of aliphatic hydroxyl groups is 1. The van der Waals surface area contributed by atoms with E-state index in [-0.39, 0.29) is 0 Å². The van der Waals surface area contributed by atoms with Crippen molar-refractivity contribution in [2.24, 2.45) is 17.8 Å². The van der Waals surface area contributed by atoms with Crippen LogP contribution in [0.3, 0.4) is 0 Å². The van der Waals surface area contributed by atoms with Crippen LogP contribution in [0.25, 0.3) is 0 Å². The first-order valence-corrected chi connectivity index (χ1v) is 4.69. The molecular weight excluding hydrogens is 136 g/mol. The lowest BCUT2D eigenvalue weighted by atomic mass is 9.86. The highest BCUT2D eigenvalue weighted by Gasteiger charge is 2.30. The van der Waals surface area contributed by atoms with Gasteiger partial charge < -0.3 is 5.11 Å². The van der Waals surface area contributed by atoms with Gasteiger partial charge in [0, 0.05) is 6.61 Å². The summed E-state index contributed by atoms with van der Waals surface area (Å²) in [6.45, 7) is 0.341. The van der Waals surface area contributed by atoms with Crippen LogP contribution in [-0.2, 0) is 0 Å². The lowest BCUT2D eigenvalue weighted by Gasteiger charge is -2.20. The van der Waals surface area contributed by atoms with E-state index in [0.717, 1.165) is 11.8 Å². The van der Waals surface area contributed by atoms with Crippen LogP contribution >= 0.6 is 0 Å². The molecule has 62 valence electrons. The molecule has 1 heteroatoms. The highest BCUT2D eigenvalue weighted by Crippen LogP contribution is 2.42. The summed E-state index contributed by atoms with van der Waals surface area (Å²) in [5.74, 6) is 2.33. The van der Waals surface area contributed by atoms with Gasteiger partial charge in [-0.15, -0.1) is 0 Å². The summed E-state index contributed by atoms with van der Waals surface area (Å²) in [6, 6.07) is 0. The minimum atomic E-state index is 0.341. The van der Waals surface area contributed by atoms with Gasteiger partial charge in [-0.3, -0.25) is 0 Å². The SMILES string of the molecule is OC[C@@H]1C=CC(C2CC2)CC1. The predicted molar refractivity (Wildman–Crippen MR) is 45.2 cm³/mol. The summed E-state index contributed by atoms with van der Waals surface area (Å²) >= 11 is 0. The first-order chi connectivity index (χ1) is 5.40. The number of aliphatic hydroxyl groups excluding tert-OH is 1. The van der Waals surface area contributed by atoms with Gasteiger partial charge in [0.2, 0.25) is 0 Å². The van der Waals surface area contributed by atoms with E-state index in [1.165, 1.54) is 25.7 Å². The lowest BCUT2D eigenvalue weighted by molar-refractivity contribution is 0.232. The molecule has 1 fully saturated rings. The van der Waals surface area contributed by atoms with Crippen molar-refractivity contribution >= 4 is 0 Å². The third-order valence-corrected chi connectivity index (χ3v) is 2.96. The maximum absolute atomic E-state index is 8.88. The minimum Gasteiger partial charge on any atom is -0.396 e. The van der Waals surface area contributed by atoms with Crippen molar-refractivity contribution in [2.45, 2.75) is 25.7 Å². The van der Waals surface area contributed by atoms with Gasteiger partial charge in [-0.2, -0.15) is 0 Å². The van der Waals surface area contributed by atoms with E-state index < -0.39 is 0 Å². The van der Waals surface area contributed by atoms with Gasteiger partial charge in [0.25, 0.3) is 0 Å².